The first kappa shape index (κ1) is 14.5. The Morgan fingerprint density at radius 2 is 2.35 bits per heavy atom. The van der Waals surface area contributed by atoms with Gasteiger partial charge in [-0.05, 0) is 18.6 Å². The van der Waals surface area contributed by atoms with Gasteiger partial charge >= 0.3 is 0 Å². The van der Waals surface area contributed by atoms with Crippen molar-refractivity contribution in [2.75, 3.05) is 12.3 Å². The molecule has 1 amide bonds. The SMILES string of the molecule is CCCNC(=O)CCSc1nnc(-c2cccnc2)o1. The van der Waals surface area contributed by atoms with Crippen molar-refractivity contribution in [3.63, 3.8) is 0 Å². The number of thioether (sulfide) groups is 1. The number of carbonyl (C=O) groups is 1. The highest BCUT2D eigenvalue weighted by atomic mass is 32.2. The number of nitrogens with one attached hydrogen (secondary N) is 1. The molecule has 0 aliphatic rings. The van der Waals surface area contributed by atoms with Crippen molar-refractivity contribution in [2.45, 2.75) is 25.0 Å². The third-order valence-electron chi connectivity index (χ3n) is 2.44. The van der Waals surface area contributed by atoms with Gasteiger partial charge in [-0.2, -0.15) is 0 Å². The second-order valence-corrected chi connectivity index (χ2v) is 5.11. The summed E-state index contributed by atoms with van der Waals surface area (Å²) in [6, 6.07) is 3.66. The molecule has 106 valence electrons. The summed E-state index contributed by atoms with van der Waals surface area (Å²) in [6.07, 6.45) is 4.73. The summed E-state index contributed by atoms with van der Waals surface area (Å²) in [6.45, 7) is 2.74. The third kappa shape index (κ3) is 4.34. The zero-order valence-corrected chi connectivity index (χ0v) is 12.0. The van der Waals surface area contributed by atoms with Gasteiger partial charge in [-0.25, -0.2) is 0 Å². The maximum atomic E-state index is 11.4. The predicted octanol–water partition coefficient (Wildman–Crippen LogP) is 2.14. The summed E-state index contributed by atoms with van der Waals surface area (Å²) in [4.78, 5) is 15.4. The van der Waals surface area contributed by atoms with Gasteiger partial charge in [0.25, 0.3) is 5.22 Å². The number of rotatable bonds is 7. The van der Waals surface area contributed by atoms with E-state index in [2.05, 4.69) is 20.5 Å². The quantitative estimate of drug-likeness (QED) is 0.787. The van der Waals surface area contributed by atoms with E-state index < -0.39 is 0 Å². The van der Waals surface area contributed by atoms with Crippen molar-refractivity contribution in [1.29, 1.82) is 0 Å². The number of carbonyl (C=O) groups excluding carboxylic acids is 1. The molecule has 1 N–H and O–H groups in total. The van der Waals surface area contributed by atoms with Crippen molar-refractivity contribution < 1.29 is 9.21 Å². The zero-order chi connectivity index (χ0) is 14.2. The number of amides is 1. The molecule has 2 rings (SSSR count). The molecule has 0 atom stereocenters. The van der Waals surface area contributed by atoms with Gasteiger partial charge in [-0.1, -0.05) is 18.7 Å². The maximum Gasteiger partial charge on any atom is 0.276 e. The minimum Gasteiger partial charge on any atom is -0.411 e. The van der Waals surface area contributed by atoms with Gasteiger partial charge in [0.05, 0.1) is 5.56 Å². The van der Waals surface area contributed by atoms with Gasteiger partial charge in [0, 0.05) is 31.1 Å². The molecule has 20 heavy (non-hydrogen) atoms. The van der Waals surface area contributed by atoms with E-state index in [1.807, 2.05) is 19.1 Å². The average Bonchev–Trinajstić information content (AvgIpc) is 2.95. The molecular formula is C13H16N4O2S. The minimum atomic E-state index is 0.0475. The van der Waals surface area contributed by atoms with Crippen molar-refractivity contribution in [2.24, 2.45) is 0 Å². The molecule has 2 heterocycles. The van der Waals surface area contributed by atoms with Gasteiger partial charge < -0.3 is 9.73 Å². The maximum absolute atomic E-state index is 11.4. The van der Waals surface area contributed by atoms with Crippen LogP contribution in [0.5, 0.6) is 0 Å². The Morgan fingerprint density at radius 1 is 1.45 bits per heavy atom. The van der Waals surface area contributed by atoms with Crippen LogP contribution in [-0.4, -0.2) is 33.4 Å². The second-order valence-electron chi connectivity index (χ2n) is 4.06. The Balaban J connectivity index is 1.80. The smallest absolute Gasteiger partial charge is 0.276 e. The molecule has 0 aromatic carbocycles. The lowest BCUT2D eigenvalue weighted by molar-refractivity contribution is -0.120. The van der Waals surface area contributed by atoms with E-state index in [0.717, 1.165) is 18.5 Å². The summed E-state index contributed by atoms with van der Waals surface area (Å²) in [5.74, 6) is 1.10. The standard InChI is InChI=1S/C13H16N4O2S/c1-2-6-15-11(18)5-8-20-13-17-16-12(19-13)10-4-3-7-14-9-10/h3-4,7,9H,2,5-6,8H2,1H3,(H,15,18). The fourth-order valence-corrected chi connectivity index (χ4v) is 2.16. The Morgan fingerprint density at radius 3 is 3.10 bits per heavy atom. The lowest BCUT2D eigenvalue weighted by Crippen LogP contribution is -2.24. The molecule has 0 spiro atoms. The van der Waals surface area contributed by atoms with Crippen LogP contribution >= 0.6 is 11.8 Å². The van der Waals surface area contributed by atoms with E-state index in [1.54, 1.807) is 12.4 Å². The minimum absolute atomic E-state index is 0.0475. The van der Waals surface area contributed by atoms with E-state index >= 15 is 0 Å². The van der Waals surface area contributed by atoms with Crippen LogP contribution in [0.25, 0.3) is 11.5 Å². The summed E-state index contributed by atoms with van der Waals surface area (Å²) >= 11 is 1.38. The highest BCUT2D eigenvalue weighted by Gasteiger charge is 2.09. The molecule has 0 saturated heterocycles. The van der Waals surface area contributed by atoms with Crippen LogP contribution in [0.2, 0.25) is 0 Å². The van der Waals surface area contributed by atoms with Gasteiger partial charge in [-0.3, -0.25) is 9.78 Å². The summed E-state index contributed by atoms with van der Waals surface area (Å²) in [7, 11) is 0. The Bertz CT molecular complexity index is 544. The topological polar surface area (TPSA) is 80.9 Å². The average molecular weight is 292 g/mol. The monoisotopic (exact) mass is 292 g/mol. The zero-order valence-electron chi connectivity index (χ0n) is 11.2. The first-order chi connectivity index (χ1) is 9.79. The predicted molar refractivity (Wildman–Crippen MR) is 76.2 cm³/mol. The van der Waals surface area contributed by atoms with Crippen molar-refractivity contribution in [3.8, 4) is 11.5 Å². The molecule has 0 radical (unpaired) electrons. The van der Waals surface area contributed by atoms with Crippen LogP contribution in [0.15, 0.2) is 34.2 Å². The van der Waals surface area contributed by atoms with Crippen molar-refractivity contribution in [3.05, 3.63) is 24.5 Å². The molecule has 6 nitrogen and oxygen atoms in total. The first-order valence-electron chi connectivity index (χ1n) is 6.43. The Kier molecular flexibility index (Phi) is 5.55. The summed E-state index contributed by atoms with van der Waals surface area (Å²) in [5, 5.41) is 11.2. The van der Waals surface area contributed by atoms with Crippen molar-refractivity contribution >= 4 is 17.7 Å². The van der Waals surface area contributed by atoms with E-state index in [9.17, 15) is 4.79 Å². The number of nitrogens with zero attached hydrogens (tertiary/aromatic N) is 3. The summed E-state index contributed by atoms with van der Waals surface area (Å²) < 4.78 is 5.50. The molecular weight excluding hydrogens is 276 g/mol. The fourth-order valence-electron chi connectivity index (χ4n) is 1.46. The highest BCUT2D eigenvalue weighted by molar-refractivity contribution is 7.99. The molecule has 0 bridgehead atoms. The molecule has 0 fully saturated rings. The van der Waals surface area contributed by atoms with Crippen LogP contribution in [0.4, 0.5) is 0 Å². The number of hydrogen-bond acceptors (Lipinski definition) is 6. The summed E-state index contributed by atoms with van der Waals surface area (Å²) in [5.41, 5.74) is 0.785. The number of aromatic nitrogens is 3. The van der Waals surface area contributed by atoms with E-state index in [1.165, 1.54) is 11.8 Å². The highest BCUT2D eigenvalue weighted by Crippen LogP contribution is 2.22. The van der Waals surface area contributed by atoms with Crippen LogP contribution in [0, 0.1) is 0 Å². The normalized spacial score (nSPS) is 10.4. The van der Waals surface area contributed by atoms with Crippen LogP contribution < -0.4 is 5.32 Å². The van der Waals surface area contributed by atoms with E-state index in [0.29, 0.717) is 23.3 Å². The first-order valence-corrected chi connectivity index (χ1v) is 7.41. The molecule has 2 aromatic heterocycles. The van der Waals surface area contributed by atoms with Crippen LogP contribution in [-0.2, 0) is 4.79 Å². The van der Waals surface area contributed by atoms with Gasteiger partial charge in [0.15, 0.2) is 0 Å². The van der Waals surface area contributed by atoms with Crippen molar-refractivity contribution in [1.82, 2.24) is 20.5 Å². The lowest BCUT2D eigenvalue weighted by Gasteiger charge is -2.01. The Labute approximate surface area is 121 Å². The van der Waals surface area contributed by atoms with Crippen LogP contribution in [0.1, 0.15) is 19.8 Å². The van der Waals surface area contributed by atoms with Gasteiger partial charge in [-0.15, -0.1) is 10.2 Å². The molecule has 7 heteroatoms. The fraction of sp³-hybridized carbons (Fsp3) is 0.385. The van der Waals surface area contributed by atoms with Gasteiger partial charge in [0.1, 0.15) is 0 Å². The molecule has 0 aliphatic heterocycles. The molecule has 0 saturated carbocycles. The van der Waals surface area contributed by atoms with Crippen LogP contribution in [0.3, 0.4) is 0 Å². The molecule has 0 aliphatic carbocycles. The largest absolute Gasteiger partial charge is 0.411 e. The number of hydrogen-bond donors (Lipinski definition) is 1. The van der Waals surface area contributed by atoms with Gasteiger partial charge in [0.2, 0.25) is 11.8 Å². The van der Waals surface area contributed by atoms with E-state index in [4.69, 9.17) is 4.42 Å². The molecule has 0 unspecified atom stereocenters. The number of pyridine rings is 1. The molecule has 2 aromatic rings. The third-order valence-corrected chi connectivity index (χ3v) is 3.26. The van der Waals surface area contributed by atoms with E-state index in [-0.39, 0.29) is 5.91 Å². The Hall–Kier alpha value is -1.89. The second kappa shape index (κ2) is 7.64. The lowest BCUT2D eigenvalue weighted by atomic mass is 10.3.